The number of rotatable bonds is 5. The number of benzene rings is 1. The van der Waals surface area contributed by atoms with Gasteiger partial charge in [-0.2, -0.15) is 0 Å². The van der Waals surface area contributed by atoms with Crippen LogP contribution >= 0.6 is 11.6 Å². The minimum absolute atomic E-state index is 0.0140. The Hall–Kier alpha value is -3.08. The van der Waals surface area contributed by atoms with Gasteiger partial charge >= 0.3 is 0 Å². The molecule has 0 bridgehead atoms. The van der Waals surface area contributed by atoms with Crippen molar-refractivity contribution in [3.63, 3.8) is 0 Å². The van der Waals surface area contributed by atoms with E-state index in [2.05, 4.69) is 20.6 Å². The van der Waals surface area contributed by atoms with Gasteiger partial charge in [-0.05, 0) is 32.4 Å². The normalized spacial score (nSPS) is 18.3. The second-order valence-electron chi connectivity index (χ2n) is 8.34. The lowest BCUT2D eigenvalue weighted by Gasteiger charge is -2.28. The van der Waals surface area contributed by atoms with Gasteiger partial charge < -0.3 is 25.0 Å². The van der Waals surface area contributed by atoms with Crippen molar-refractivity contribution in [1.29, 1.82) is 0 Å². The Morgan fingerprint density at radius 1 is 1.38 bits per heavy atom. The fourth-order valence-corrected chi connectivity index (χ4v) is 4.36. The fourth-order valence-electron chi connectivity index (χ4n) is 4.08. The summed E-state index contributed by atoms with van der Waals surface area (Å²) >= 11 is 6.29. The van der Waals surface area contributed by atoms with E-state index < -0.39 is 23.3 Å². The molecule has 2 aromatic heterocycles. The highest BCUT2D eigenvalue weighted by Crippen LogP contribution is 2.29. The van der Waals surface area contributed by atoms with Gasteiger partial charge in [0, 0.05) is 30.6 Å². The van der Waals surface area contributed by atoms with E-state index in [1.807, 2.05) is 13.8 Å². The molecule has 3 heterocycles. The van der Waals surface area contributed by atoms with Crippen molar-refractivity contribution < 1.29 is 19.0 Å². The summed E-state index contributed by atoms with van der Waals surface area (Å²) in [6, 6.07) is 4.17. The predicted octanol–water partition coefficient (Wildman–Crippen LogP) is 2.75. The van der Waals surface area contributed by atoms with Gasteiger partial charge in [0.1, 0.15) is 16.4 Å². The van der Waals surface area contributed by atoms with Crippen LogP contribution in [0.3, 0.4) is 0 Å². The smallest absolute Gasteiger partial charge is 0.269 e. The Morgan fingerprint density at radius 2 is 2.15 bits per heavy atom. The molecule has 180 valence electrons. The van der Waals surface area contributed by atoms with E-state index in [0.717, 1.165) is 6.20 Å². The molecule has 34 heavy (non-hydrogen) atoms. The van der Waals surface area contributed by atoms with E-state index in [9.17, 15) is 19.1 Å². The maximum atomic E-state index is 14.8. The Kier molecular flexibility index (Phi) is 6.83. The number of pyridine rings is 1. The van der Waals surface area contributed by atoms with E-state index in [1.54, 1.807) is 22.8 Å². The van der Waals surface area contributed by atoms with Crippen LogP contribution in [0.5, 0.6) is 0 Å². The number of carbonyl (C=O) groups excluding carboxylic acids is 1. The molecule has 1 fully saturated rings. The number of nitrogens with zero attached hydrogens (tertiary/aromatic N) is 3. The summed E-state index contributed by atoms with van der Waals surface area (Å²) < 4.78 is 21.7. The number of anilines is 1. The number of hydrogen-bond acceptors (Lipinski definition) is 7. The monoisotopic (exact) mass is 489 g/mol. The quantitative estimate of drug-likeness (QED) is 0.504. The lowest BCUT2D eigenvalue weighted by molar-refractivity contribution is -0.0136. The number of fused-ring (bicyclic) bond motifs is 1. The zero-order chi connectivity index (χ0) is 24.6. The van der Waals surface area contributed by atoms with E-state index in [1.165, 1.54) is 7.05 Å². The van der Waals surface area contributed by atoms with Crippen LogP contribution in [0.4, 0.5) is 10.3 Å². The second kappa shape index (κ2) is 9.65. The predicted molar refractivity (Wildman–Crippen MR) is 127 cm³/mol. The molecule has 1 aliphatic rings. The number of nitrogens with one attached hydrogen (secondary N) is 2. The third-order valence-electron chi connectivity index (χ3n) is 5.77. The molecule has 0 saturated carbocycles. The van der Waals surface area contributed by atoms with Crippen molar-refractivity contribution in [2.24, 2.45) is 0 Å². The lowest BCUT2D eigenvalue weighted by atomic mass is 10.1. The number of amides is 1. The third kappa shape index (κ3) is 4.36. The average molecular weight is 490 g/mol. The first-order valence-electron chi connectivity index (χ1n) is 10.9. The van der Waals surface area contributed by atoms with Crippen molar-refractivity contribution >= 4 is 34.4 Å². The van der Waals surface area contributed by atoms with Crippen molar-refractivity contribution in [2.45, 2.75) is 38.5 Å². The number of aliphatic hydroxyl groups excluding tert-OH is 1. The first-order valence-corrected chi connectivity index (χ1v) is 11.3. The molecule has 0 spiro atoms. The largest absolute Gasteiger partial charge is 0.389 e. The molecule has 11 heteroatoms. The topological polar surface area (TPSA) is 118 Å². The number of halogens is 2. The van der Waals surface area contributed by atoms with Gasteiger partial charge in [0.25, 0.3) is 5.91 Å². The summed E-state index contributed by atoms with van der Waals surface area (Å²) in [5.74, 6) is -1.000. The lowest BCUT2D eigenvalue weighted by Crippen LogP contribution is -2.42. The van der Waals surface area contributed by atoms with Crippen LogP contribution in [0.1, 0.15) is 36.8 Å². The molecule has 1 saturated heterocycles. The SMILES string of the molecule is CNC(=O)c1c(Cl)c(=O)c2ccc(-c3nc(N[C@@H]4CCOC[C@H]4O)ncc3F)cc2n1C(C)C. The standard InChI is InChI=1S/C23H25ClFN5O4/c1-11(2)30-16-8-12(4-5-13(16)21(32)18(24)20(30)22(33)26-3)19-14(25)9-27-23(29-19)28-15-6-7-34-10-17(15)31/h4-5,8-9,11,15,17,31H,6-7,10H2,1-3H3,(H,26,33)(H,27,28,29)/t15-,17-/m1/s1. The summed E-state index contributed by atoms with van der Waals surface area (Å²) in [5.41, 5.74) is 0.376. The molecule has 0 radical (unpaired) electrons. The summed E-state index contributed by atoms with van der Waals surface area (Å²) in [4.78, 5) is 33.8. The number of hydrogen-bond donors (Lipinski definition) is 3. The highest BCUT2D eigenvalue weighted by Gasteiger charge is 2.25. The van der Waals surface area contributed by atoms with E-state index in [-0.39, 0.29) is 41.0 Å². The van der Waals surface area contributed by atoms with E-state index >= 15 is 0 Å². The van der Waals surface area contributed by atoms with E-state index in [4.69, 9.17) is 16.3 Å². The zero-order valence-electron chi connectivity index (χ0n) is 18.9. The highest BCUT2D eigenvalue weighted by atomic mass is 35.5. The molecule has 1 amide bonds. The van der Waals surface area contributed by atoms with Crippen molar-refractivity contribution in [3.05, 3.63) is 51.2 Å². The maximum absolute atomic E-state index is 14.8. The van der Waals surface area contributed by atoms with Gasteiger partial charge in [-0.3, -0.25) is 9.59 Å². The molecule has 1 aromatic carbocycles. The fraction of sp³-hybridized carbons (Fsp3) is 0.391. The number of aliphatic hydroxyl groups is 1. The van der Waals surface area contributed by atoms with Gasteiger partial charge in [-0.1, -0.05) is 17.7 Å². The summed E-state index contributed by atoms with van der Waals surface area (Å²) in [7, 11) is 1.45. The van der Waals surface area contributed by atoms with Crippen LogP contribution in [0.25, 0.3) is 22.2 Å². The van der Waals surface area contributed by atoms with Crippen molar-refractivity contribution in [3.8, 4) is 11.3 Å². The van der Waals surface area contributed by atoms with Crippen molar-refractivity contribution in [1.82, 2.24) is 19.9 Å². The molecule has 4 rings (SSSR count). The van der Waals surface area contributed by atoms with Gasteiger partial charge in [0.2, 0.25) is 11.4 Å². The van der Waals surface area contributed by atoms with Crippen LogP contribution in [0.15, 0.2) is 29.2 Å². The average Bonchev–Trinajstić information content (AvgIpc) is 2.82. The zero-order valence-corrected chi connectivity index (χ0v) is 19.7. The minimum atomic E-state index is -0.736. The number of ether oxygens (including phenoxy) is 1. The molecule has 0 aliphatic carbocycles. The second-order valence-corrected chi connectivity index (χ2v) is 8.72. The minimum Gasteiger partial charge on any atom is -0.389 e. The summed E-state index contributed by atoms with van der Waals surface area (Å²) in [6.45, 7) is 4.38. The summed E-state index contributed by atoms with van der Waals surface area (Å²) in [5, 5.41) is 15.8. The van der Waals surface area contributed by atoms with Crippen LogP contribution in [0.2, 0.25) is 5.02 Å². The first kappa shape index (κ1) is 24.1. The third-order valence-corrected chi connectivity index (χ3v) is 6.12. The Morgan fingerprint density at radius 3 is 2.82 bits per heavy atom. The van der Waals surface area contributed by atoms with Crippen molar-refractivity contribution in [2.75, 3.05) is 25.6 Å². The number of aromatic nitrogens is 3. The van der Waals surface area contributed by atoms with Gasteiger partial charge in [-0.25, -0.2) is 14.4 Å². The van der Waals surface area contributed by atoms with Crippen LogP contribution in [0, 0.1) is 5.82 Å². The molecule has 2 atom stereocenters. The van der Waals surface area contributed by atoms with Crippen LogP contribution in [-0.2, 0) is 4.74 Å². The summed E-state index contributed by atoms with van der Waals surface area (Å²) in [6.07, 6.45) is 0.866. The van der Waals surface area contributed by atoms with Crippen LogP contribution in [-0.4, -0.2) is 58.0 Å². The van der Waals surface area contributed by atoms with Gasteiger partial charge in [-0.15, -0.1) is 0 Å². The van der Waals surface area contributed by atoms with Gasteiger partial charge in [0.15, 0.2) is 5.82 Å². The highest BCUT2D eigenvalue weighted by molar-refractivity contribution is 6.34. The maximum Gasteiger partial charge on any atom is 0.269 e. The van der Waals surface area contributed by atoms with E-state index in [0.29, 0.717) is 29.5 Å². The van der Waals surface area contributed by atoms with Crippen LogP contribution < -0.4 is 16.1 Å². The molecule has 3 N–H and O–H groups in total. The number of carbonyl (C=O) groups is 1. The molecule has 9 nitrogen and oxygen atoms in total. The molecule has 0 unspecified atom stereocenters. The molecule has 3 aromatic rings. The first-order chi connectivity index (χ1) is 16.2. The Bertz CT molecular complexity index is 1310. The Labute approximate surface area is 199 Å². The molecular formula is C23H25ClFN5O4. The van der Waals surface area contributed by atoms with Gasteiger partial charge in [0.05, 0.1) is 30.5 Å². The molecule has 1 aliphatic heterocycles. The Balaban J connectivity index is 1.86. The molecular weight excluding hydrogens is 465 g/mol.